The molecule has 1 aliphatic heterocycles. The number of rotatable bonds is 9. The molecule has 8 nitrogen and oxygen atoms in total. The molecule has 1 heterocycles. The molecular weight excluding hydrogens is 592 g/mol. The summed E-state index contributed by atoms with van der Waals surface area (Å²) in [4.78, 5) is 24.4. The second kappa shape index (κ2) is 11.2. The van der Waals surface area contributed by atoms with Gasteiger partial charge in [0.25, 0.3) is 11.8 Å². The molecule has 2 aromatic carbocycles. The van der Waals surface area contributed by atoms with Gasteiger partial charge < -0.3 is 20.1 Å². The predicted molar refractivity (Wildman–Crippen MR) is 133 cm³/mol. The van der Waals surface area contributed by atoms with E-state index < -0.39 is 11.8 Å². The number of nitrogens with one attached hydrogen (secondary N) is 4. The normalized spacial score (nSPS) is 20.8. The van der Waals surface area contributed by atoms with Crippen LogP contribution < -0.4 is 31.0 Å². The number of benzene rings is 2. The number of amides is 2. The van der Waals surface area contributed by atoms with Crippen LogP contribution in [-0.4, -0.2) is 43.3 Å². The third kappa shape index (κ3) is 6.79. The first-order chi connectivity index (χ1) is 17.1. The van der Waals surface area contributed by atoms with Crippen molar-refractivity contribution in [3.63, 3.8) is 0 Å². The minimum Gasteiger partial charge on any atom is -0.484 e. The number of alkyl halides is 3. The van der Waals surface area contributed by atoms with Gasteiger partial charge in [0.2, 0.25) is 5.66 Å². The molecule has 1 aliphatic carbocycles. The topological polar surface area (TPSA) is 121 Å². The molecule has 0 unspecified atom stereocenters. The van der Waals surface area contributed by atoms with Gasteiger partial charge in [0.1, 0.15) is 11.5 Å². The summed E-state index contributed by atoms with van der Waals surface area (Å²) in [6.07, 6.45) is -1.60. The predicted octanol–water partition coefficient (Wildman–Crippen LogP) is 3.12. The Balaban J connectivity index is 1.13. The first-order valence-electron chi connectivity index (χ1n) is 11.5. The van der Waals surface area contributed by atoms with E-state index in [1.807, 2.05) is 24.3 Å². The van der Waals surface area contributed by atoms with Crippen molar-refractivity contribution in [2.75, 3.05) is 13.2 Å². The maximum Gasteiger partial charge on any atom is 0.426 e. The zero-order chi connectivity index (χ0) is 25.8. The van der Waals surface area contributed by atoms with Crippen LogP contribution in [0.25, 0.3) is 0 Å². The van der Waals surface area contributed by atoms with E-state index in [1.165, 1.54) is 24.3 Å². The van der Waals surface area contributed by atoms with Gasteiger partial charge in [-0.05, 0) is 90.2 Å². The molecule has 0 radical (unpaired) electrons. The van der Waals surface area contributed by atoms with E-state index in [1.54, 1.807) is 0 Å². The molecule has 0 bridgehead atoms. The molecule has 4 N–H and O–H groups in total. The van der Waals surface area contributed by atoms with Crippen molar-refractivity contribution in [1.82, 2.24) is 21.5 Å². The lowest BCUT2D eigenvalue weighted by atomic mass is 9.91. The van der Waals surface area contributed by atoms with E-state index in [0.717, 1.165) is 16.4 Å². The Bertz CT molecular complexity index is 1050. The highest BCUT2D eigenvalue weighted by molar-refractivity contribution is 14.1. The molecule has 0 spiro atoms. The molecule has 12 heteroatoms. The van der Waals surface area contributed by atoms with Crippen LogP contribution in [0.15, 0.2) is 48.5 Å². The van der Waals surface area contributed by atoms with Gasteiger partial charge in [0.15, 0.2) is 13.2 Å². The minimum absolute atomic E-state index is 0.0112. The van der Waals surface area contributed by atoms with Crippen LogP contribution in [0.4, 0.5) is 13.2 Å². The van der Waals surface area contributed by atoms with Gasteiger partial charge in [-0.3, -0.25) is 9.59 Å². The summed E-state index contributed by atoms with van der Waals surface area (Å²) >= 11 is 2.19. The zero-order valence-electron chi connectivity index (χ0n) is 19.2. The number of halogens is 4. The highest BCUT2D eigenvalue weighted by Gasteiger charge is 2.65. The van der Waals surface area contributed by atoms with E-state index >= 15 is 0 Å². The number of carbonyl (C=O) groups excluding carboxylic acids is 2. The molecule has 4 rings (SSSR count). The Morgan fingerprint density at radius 1 is 0.833 bits per heavy atom. The average molecular weight is 618 g/mol. The standard InChI is InChI=1S/C24H26F3IN4O4/c25-24(26,27)23(31-32-23)15-1-9-19(10-2-15)35-13-21(33)29-17-5-7-18(8-6-17)30-22(34)14-36-20-11-3-16(28)4-12-20/h1-4,9-12,17-18,31-32H,5-8,13-14H2,(H,29,33)(H,30,34). The quantitative estimate of drug-likeness (QED) is 0.254. The highest BCUT2D eigenvalue weighted by atomic mass is 127. The molecule has 0 aromatic heterocycles. The maximum atomic E-state index is 13.1. The fourth-order valence-corrected chi connectivity index (χ4v) is 4.42. The van der Waals surface area contributed by atoms with Gasteiger partial charge >= 0.3 is 6.18 Å². The van der Waals surface area contributed by atoms with E-state index in [4.69, 9.17) is 9.47 Å². The van der Waals surface area contributed by atoms with Gasteiger partial charge in [0, 0.05) is 15.7 Å². The highest BCUT2D eigenvalue weighted by Crippen LogP contribution is 2.42. The molecule has 1 saturated carbocycles. The smallest absolute Gasteiger partial charge is 0.426 e. The summed E-state index contributed by atoms with van der Waals surface area (Å²) in [5.74, 6) is 0.438. The van der Waals surface area contributed by atoms with Crippen molar-refractivity contribution >= 4 is 34.4 Å². The third-order valence-electron chi connectivity index (χ3n) is 6.10. The average Bonchev–Trinajstić information content (AvgIpc) is 3.67. The van der Waals surface area contributed by atoms with Gasteiger partial charge in [0.05, 0.1) is 0 Å². The Labute approximate surface area is 219 Å². The molecule has 2 aromatic rings. The SMILES string of the molecule is O=C(COc1ccc(I)cc1)NC1CCC(NC(=O)COc2ccc(C3(C(F)(F)F)NN3)cc2)CC1. The summed E-state index contributed by atoms with van der Waals surface area (Å²) < 4.78 is 51.4. The van der Waals surface area contributed by atoms with Crippen LogP contribution >= 0.6 is 22.6 Å². The lowest BCUT2D eigenvalue weighted by Gasteiger charge is -2.29. The lowest BCUT2D eigenvalue weighted by Crippen LogP contribution is -2.45. The molecule has 194 valence electrons. The van der Waals surface area contributed by atoms with Crippen LogP contribution in [0.5, 0.6) is 11.5 Å². The van der Waals surface area contributed by atoms with E-state index in [0.29, 0.717) is 24.3 Å². The van der Waals surface area contributed by atoms with Crippen molar-refractivity contribution < 1.29 is 32.2 Å². The Hall–Kier alpha value is -2.58. The van der Waals surface area contributed by atoms with Crippen molar-refractivity contribution in [3.8, 4) is 11.5 Å². The Morgan fingerprint density at radius 2 is 1.25 bits per heavy atom. The van der Waals surface area contributed by atoms with Gasteiger partial charge in [-0.25, -0.2) is 10.9 Å². The third-order valence-corrected chi connectivity index (χ3v) is 6.82. The molecule has 1 saturated heterocycles. The van der Waals surface area contributed by atoms with Crippen molar-refractivity contribution in [2.45, 2.75) is 49.6 Å². The van der Waals surface area contributed by atoms with Gasteiger partial charge in [-0.2, -0.15) is 13.2 Å². The first-order valence-corrected chi connectivity index (χ1v) is 12.5. The van der Waals surface area contributed by atoms with Crippen molar-refractivity contribution in [3.05, 3.63) is 57.7 Å². The van der Waals surface area contributed by atoms with Crippen LogP contribution in [0, 0.1) is 3.57 Å². The van der Waals surface area contributed by atoms with Crippen molar-refractivity contribution in [2.24, 2.45) is 0 Å². The van der Waals surface area contributed by atoms with E-state index in [-0.39, 0.29) is 42.7 Å². The molecule has 0 atom stereocenters. The van der Waals surface area contributed by atoms with Crippen LogP contribution in [0.1, 0.15) is 31.2 Å². The van der Waals surface area contributed by atoms with Crippen LogP contribution in [0.3, 0.4) is 0 Å². The maximum absolute atomic E-state index is 13.1. The number of hydrogen-bond donors (Lipinski definition) is 4. The van der Waals surface area contributed by atoms with Gasteiger partial charge in [-0.15, -0.1) is 0 Å². The number of hydrogen-bond acceptors (Lipinski definition) is 6. The summed E-state index contributed by atoms with van der Waals surface area (Å²) in [6, 6.07) is 12.8. The van der Waals surface area contributed by atoms with Crippen molar-refractivity contribution in [1.29, 1.82) is 0 Å². The molecular formula is C24H26F3IN4O4. The first kappa shape index (κ1) is 26.5. The minimum atomic E-state index is -4.48. The molecule has 2 fully saturated rings. The van der Waals surface area contributed by atoms with Crippen LogP contribution in [0.2, 0.25) is 0 Å². The monoisotopic (exact) mass is 618 g/mol. The summed E-state index contributed by atoms with van der Waals surface area (Å²) in [6.45, 7) is -0.299. The fourth-order valence-electron chi connectivity index (χ4n) is 4.06. The number of carbonyl (C=O) groups is 2. The zero-order valence-corrected chi connectivity index (χ0v) is 21.3. The van der Waals surface area contributed by atoms with E-state index in [9.17, 15) is 22.8 Å². The largest absolute Gasteiger partial charge is 0.484 e. The Morgan fingerprint density at radius 3 is 1.64 bits per heavy atom. The second-order valence-electron chi connectivity index (χ2n) is 8.74. The Kier molecular flexibility index (Phi) is 8.25. The molecule has 2 amide bonds. The fraction of sp³-hybridized carbons (Fsp3) is 0.417. The number of hydrazine groups is 1. The molecule has 36 heavy (non-hydrogen) atoms. The summed E-state index contributed by atoms with van der Waals surface area (Å²) in [7, 11) is 0. The van der Waals surface area contributed by atoms with E-state index in [2.05, 4.69) is 44.1 Å². The second-order valence-corrected chi connectivity index (χ2v) is 9.98. The lowest BCUT2D eigenvalue weighted by molar-refractivity contribution is -0.165. The summed E-state index contributed by atoms with van der Waals surface area (Å²) in [5, 5.41) is 5.88. The molecule has 2 aliphatic rings. The van der Waals surface area contributed by atoms with Gasteiger partial charge in [-0.1, -0.05) is 12.1 Å². The van der Waals surface area contributed by atoms with Crippen LogP contribution in [-0.2, 0) is 15.3 Å². The summed E-state index contributed by atoms with van der Waals surface area (Å²) in [5.41, 5.74) is 2.06. The number of ether oxygens (including phenoxy) is 2.